The highest BCUT2D eigenvalue weighted by atomic mass is 32.3. The van der Waals surface area contributed by atoms with Crippen LogP contribution in [0, 0.1) is 6.92 Å². The van der Waals surface area contributed by atoms with Crippen molar-refractivity contribution in [2.45, 2.75) is 16.7 Å². The molecule has 6 N–H and O–H groups in total. The average Bonchev–Trinajstić information content (AvgIpc) is 3.31. The fourth-order valence-electron chi connectivity index (χ4n) is 4.68. The maximum absolute atomic E-state index is 13.1. The number of phenols is 1. The van der Waals surface area contributed by atoms with Gasteiger partial charge in [0.15, 0.2) is 11.4 Å². The zero-order chi connectivity index (χ0) is 32.8. The number of nitrogens with zero attached hydrogens (tertiary/aromatic N) is 6. The van der Waals surface area contributed by atoms with E-state index in [-0.39, 0.29) is 33.0 Å². The average molecular weight is 662 g/mol. The first kappa shape index (κ1) is 30.7. The lowest BCUT2D eigenvalue weighted by Crippen LogP contribution is -2.14. The summed E-state index contributed by atoms with van der Waals surface area (Å²) in [6, 6.07) is 19.4. The molecule has 0 saturated heterocycles. The third kappa shape index (κ3) is 5.88. The molecule has 17 heteroatoms. The Balaban J connectivity index is 1.38. The Morgan fingerprint density at radius 3 is 2.24 bits per heavy atom. The van der Waals surface area contributed by atoms with Crippen LogP contribution in [0.2, 0.25) is 0 Å². The number of fused-ring (bicyclic) bond motifs is 2. The molecule has 4 aromatic carbocycles. The van der Waals surface area contributed by atoms with Gasteiger partial charge in [0, 0.05) is 17.0 Å². The van der Waals surface area contributed by atoms with E-state index in [1.807, 2.05) is 12.1 Å². The molecule has 46 heavy (non-hydrogen) atoms. The molecule has 234 valence electrons. The maximum atomic E-state index is 13.1. The van der Waals surface area contributed by atoms with E-state index in [1.54, 1.807) is 31.3 Å². The highest BCUT2D eigenvalue weighted by Crippen LogP contribution is 2.54. The standard InChI is InChI=1S/C29H23N7O8S2/c1-16-25(29(38)36(35-16)20-9-11-21(12-10-20)45(39,40)41)33-31-19-8-7-18-14-24(46(42,43)44)27(28(37)22(18)15-19)34-32-23-6-2-4-17-5-3-13-30-26(17)23/h2-15,35,37,42-44H,1H3,(H,39,40,41). The number of aromatic nitrogens is 3. The third-order valence-corrected chi connectivity index (χ3v) is 8.67. The molecule has 0 aliphatic heterocycles. The normalized spacial score (nSPS) is 13.0. The summed E-state index contributed by atoms with van der Waals surface area (Å²) >= 11 is 0. The molecule has 0 saturated carbocycles. The minimum atomic E-state index is -4.41. The predicted molar refractivity (Wildman–Crippen MR) is 170 cm³/mol. The van der Waals surface area contributed by atoms with Crippen LogP contribution >= 0.6 is 10.9 Å². The summed E-state index contributed by atoms with van der Waals surface area (Å²) < 4.78 is 63.4. The number of pyridine rings is 1. The number of nitrogens with one attached hydrogen (secondary N) is 1. The first-order valence-corrected chi connectivity index (χ1v) is 16.1. The van der Waals surface area contributed by atoms with Gasteiger partial charge in [0.2, 0.25) is 0 Å². The second kappa shape index (κ2) is 11.6. The lowest BCUT2D eigenvalue weighted by molar-refractivity contribution is 0.375. The van der Waals surface area contributed by atoms with Crippen LogP contribution < -0.4 is 5.56 Å². The van der Waals surface area contributed by atoms with Crippen molar-refractivity contribution >= 4 is 65.4 Å². The largest absolute Gasteiger partial charge is 0.505 e. The zero-order valence-corrected chi connectivity index (χ0v) is 25.2. The summed E-state index contributed by atoms with van der Waals surface area (Å²) in [7, 11) is -8.75. The number of phenolic OH excluding ortho intramolecular Hbond substituents is 1. The van der Waals surface area contributed by atoms with Gasteiger partial charge in [-0.15, -0.1) is 15.3 Å². The van der Waals surface area contributed by atoms with Gasteiger partial charge in [0.25, 0.3) is 15.7 Å². The highest BCUT2D eigenvalue weighted by molar-refractivity contribution is 8.19. The number of aryl methyl sites for hydroxylation is 1. The van der Waals surface area contributed by atoms with Crippen molar-refractivity contribution in [3.63, 3.8) is 0 Å². The maximum Gasteiger partial charge on any atom is 0.299 e. The highest BCUT2D eigenvalue weighted by Gasteiger charge is 2.25. The van der Waals surface area contributed by atoms with Gasteiger partial charge in [0.05, 0.1) is 32.4 Å². The summed E-state index contributed by atoms with van der Waals surface area (Å²) in [6.07, 6.45) is 1.58. The second-order valence-corrected chi connectivity index (χ2v) is 12.8. The van der Waals surface area contributed by atoms with Gasteiger partial charge in [-0.25, -0.2) is 4.68 Å². The Morgan fingerprint density at radius 1 is 0.804 bits per heavy atom. The smallest absolute Gasteiger partial charge is 0.299 e. The van der Waals surface area contributed by atoms with Crippen LogP contribution in [0.25, 0.3) is 27.4 Å². The predicted octanol–water partition coefficient (Wildman–Crippen LogP) is 7.54. The van der Waals surface area contributed by atoms with Crippen LogP contribution in [0.5, 0.6) is 5.75 Å². The monoisotopic (exact) mass is 661 g/mol. The second-order valence-electron chi connectivity index (χ2n) is 9.94. The van der Waals surface area contributed by atoms with Crippen molar-refractivity contribution in [2.75, 3.05) is 0 Å². The lowest BCUT2D eigenvalue weighted by atomic mass is 10.1. The molecule has 0 atom stereocenters. The van der Waals surface area contributed by atoms with Crippen molar-refractivity contribution < 1.29 is 31.7 Å². The summed E-state index contributed by atoms with van der Waals surface area (Å²) in [5.41, 5.74) is 0.658. The molecule has 2 aromatic heterocycles. The molecule has 0 amide bonds. The van der Waals surface area contributed by atoms with E-state index in [2.05, 4.69) is 30.5 Å². The fourth-order valence-corrected chi connectivity index (χ4v) is 5.84. The zero-order valence-electron chi connectivity index (χ0n) is 23.5. The Morgan fingerprint density at radius 2 is 1.52 bits per heavy atom. The molecule has 0 unspecified atom stereocenters. The number of aromatic amines is 1. The third-order valence-electron chi connectivity index (χ3n) is 6.90. The van der Waals surface area contributed by atoms with E-state index < -0.39 is 37.2 Å². The SMILES string of the molecule is Cc1[nH]n(-c2ccc(S(=O)(=O)O)cc2)c(=O)c1N=Nc1ccc2cc(S(O)(O)O)c(N=Nc3cccc4cccnc34)c(O)c2c1. The van der Waals surface area contributed by atoms with Gasteiger partial charge in [-0.05, 0) is 66.9 Å². The van der Waals surface area contributed by atoms with Crippen LogP contribution in [-0.2, 0) is 10.1 Å². The summed E-state index contributed by atoms with van der Waals surface area (Å²) in [5, 5.41) is 31.7. The molecule has 0 fully saturated rings. The van der Waals surface area contributed by atoms with Crippen LogP contribution in [0.1, 0.15) is 5.69 Å². The number of para-hydroxylation sites is 1. The number of aromatic hydroxyl groups is 1. The van der Waals surface area contributed by atoms with Gasteiger partial charge in [0.1, 0.15) is 22.2 Å². The summed E-state index contributed by atoms with van der Waals surface area (Å²) in [5.74, 6) is -0.524. The minimum Gasteiger partial charge on any atom is -0.505 e. The quantitative estimate of drug-likeness (QED) is 0.0730. The van der Waals surface area contributed by atoms with Crippen molar-refractivity contribution in [1.82, 2.24) is 14.8 Å². The molecule has 0 spiro atoms. The Bertz CT molecular complexity index is 2380. The number of benzene rings is 4. The van der Waals surface area contributed by atoms with E-state index in [0.717, 1.165) is 22.2 Å². The van der Waals surface area contributed by atoms with Crippen molar-refractivity contribution in [1.29, 1.82) is 0 Å². The van der Waals surface area contributed by atoms with Crippen LogP contribution in [-0.4, -0.2) is 46.5 Å². The summed E-state index contributed by atoms with van der Waals surface area (Å²) in [6.45, 7) is 1.59. The molecule has 6 rings (SSSR count). The van der Waals surface area contributed by atoms with E-state index in [9.17, 15) is 36.5 Å². The number of rotatable bonds is 7. The van der Waals surface area contributed by atoms with Gasteiger partial charge in [-0.3, -0.25) is 19.4 Å². The van der Waals surface area contributed by atoms with Crippen molar-refractivity contribution in [2.24, 2.45) is 20.5 Å². The van der Waals surface area contributed by atoms with Crippen molar-refractivity contribution in [3.8, 4) is 11.4 Å². The first-order chi connectivity index (χ1) is 21.8. The van der Waals surface area contributed by atoms with Crippen LogP contribution in [0.3, 0.4) is 0 Å². The topological polar surface area (TPSA) is 235 Å². The molecule has 0 bridgehead atoms. The number of hydrogen-bond acceptors (Lipinski definition) is 12. The molecular formula is C29H23N7O8S2. The Kier molecular flexibility index (Phi) is 7.72. The van der Waals surface area contributed by atoms with Gasteiger partial charge in [-0.1, -0.05) is 24.3 Å². The lowest BCUT2D eigenvalue weighted by Gasteiger charge is -2.22. The van der Waals surface area contributed by atoms with Crippen molar-refractivity contribution in [3.05, 3.63) is 101 Å². The first-order valence-electron chi connectivity index (χ1n) is 13.2. The fraction of sp³-hybridized carbons (Fsp3) is 0.0345. The Hall–Kier alpha value is -5.30. The van der Waals surface area contributed by atoms with E-state index in [4.69, 9.17) is 0 Å². The molecule has 0 radical (unpaired) electrons. The number of azo groups is 2. The molecule has 0 aliphatic carbocycles. The summed E-state index contributed by atoms with van der Waals surface area (Å²) in [4.78, 5) is 16.6. The van der Waals surface area contributed by atoms with Crippen LogP contribution in [0.4, 0.5) is 22.7 Å². The number of H-pyrrole nitrogens is 1. The molecule has 6 aromatic rings. The molecule has 15 nitrogen and oxygen atoms in total. The van der Waals surface area contributed by atoms with Gasteiger partial charge < -0.3 is 18.8 Å². The Labute approximate surface area is 261 Å². The van der Waals surface area contributed by atoms with E-state index in [0.29, 0.717) is 22.3 Å². The van der Waals surface area contributed by atoms with E-state index in [1.165, 1.54) is 36.4 Å². The van der Waals surface area contributed by atoms with Crippen LogP contribution in [0.15, 0.2) is 120 Å². The molecule has 0 aliphatic rings. The minimum absolute atomic E-state index is 0.0501. The molecular weight excluding hydrogens is 638 g/mol. The van der Waals surface area contributed by atoms with Gasteiger partial charge >= 0.3 is 0 Å². The number of hydrogen-bond donors (Lipinski definition) is 6. The van der Waals surface area contributed by atoms with Gasteiger partial charge in [-0.2, -0.15) is 13.5 Å². The molecule has 2 heterocycles. The van der Waals surface area contributed by atoms with E-state index >= 15 is 0 Å².